The Balaban J connectivity index is 1.55. The molecule has 0 spiro atoms. The average molecular weight is 396 g/mol. The molecule has 1 aliphatic rings. The highest BCUT2D eigenvalue weighted by molar-refractivity contribution is 6.05. The summed E-state index contributed by atoms with van der Waals surface area (Å²) >= 11 is 0. The van der Waals surface area contributed by atoms with Crippen LogP contribution in [0.5, 0.6) is 5.75 Å². The Labute approximate surface area is 173 Å². The number of H-pyrrole nitrogens is 1. The Morgan fingerprint density at radius 2 is 1.73 bits per heavy atom. The highest BCUT2D eigenvalue weighted by atomic mass is 16.5. The van der Waals surface area contributed by atoms with Crippen molar-refractivity contribution in [2.24, 2.45) is 5.10 Å². The van der Waals surface area contributed by atoms with Crippen LogP contribution in [0.15, 0.2) is 84.0 Å². The topological polar surface area (TPSA) is 70.6 Å². The summed E-state index contributed by atoms with van der Waals surface area (Å²) in [6.07, 6.45) is 0.574. The lowest BCUT2D eigenvalue weighted by Crippen LogP contribution is -2.27. The lowest BCUT2D eigenvalue weighted by atomic mass is 10.0. The second-order valence-electron chi connectivity index (χ2n) is 7.15. The number of aromatic amines is 1. The number of methoxy groups -OCH3 is 1. The van der Waals surface area contributed by atoms with Crippen LogP contribution < -0.4 is 4.74 Å². The van der Waals surface area contributed by atoms with Crippen molar-refractivity contribution >= 4 is 22.7 Å². The van der Waals surface area contributed by atoms with Gasteiger partial charge in [-0.05, 0) is 54.1 Å². The van der Waals surface area contributed by atoms with Gasteiger partial charge in [-0.15, -0.1) is 0 Å². The molecule has 0 saturated carbocycles. The molecule has 0 saturated heterocycles. The standard InChI is InChI=1S/C24H20N4O2/c1-30-18-13-11-16(12-14-18)21-15-22(23-25-19-9-5-6-10-20(19)26-23)28(27-21)24(29)17-7-3-2-4-8-17/h2-14,22H,15H2,1H3,(H,25,26)/t22-/m0/s1. The summed E-state index contributed by atoms with van der Waals surface area (Å²) in [5.74, 6) is 1.36. The van der Waals surface area contributed by atoms with E-state index in [4.69, 9.17) is 14.8 Å². The molecule has 30 heavy (non-hydrogen) atoms. The fourth-order valence-corrected chi connectivity index (χ4v) is 3.71. The van der Waals surface area contributed by atoms with Gasteiger partial charge in [0.15, 0.2) is 0 Å². The largest absolute Gasteiger partial charge is 0.497 e. The van der Waals surface area contributed by atoms with Gasteiger partial charge in [-0.1, -0.05) is 30.3 Å². The number of fused-ring (bicyclic) bond motifs is 1. The second kappa shape index (κ2) is 7.48. The van der Waals surface area contributed by atoms with E-state index in [2.05, 4.69) is 4.98 Å². The van der Waals surface area contributed by atoms with Crippen molar-refractivity contribution in [2.75, 3.05) is 7.11 Å². The number of nitrogens with zero attached hydrogens (tertiary/aromatic N) is 3. The number of ether oxygens (including phenoxy) is 1. The van der Waals surface area contributed by atoms with E-state index in [0.717, 1.165) is 33.9 Å². The number of nitrogens with one attached hydrogen (secondary N) is 1. The predicted molar refractivity (Wildman–Crippen MR) is 116 cm³/mol. The Morgan fingerprint density at radius 1 is 1.00 bits per heavy atom. The number of imidazole rings is 1. The fourth-order valence-electron chi connectivity index (χ4n) is 3.71. The van der Waals surface area contributed by atoms with Crippen molar-refractivity contribution in [2.45, 2.75) is 12.5 Å². The number of hydrazone groups is 1. The maximum absolute atomic E-state index is 13.3. The average Bonchev–Trinajstić information content (AvgIpc) is 3.44. The summed E-state index contributed by atoms with van der Waals surface area (Å²) in [5, 5.41) is 6.27. The lowest BCUT2D eigenvalue weighted by molar-refractivity contribution is 0.0705. The molecule has 2 heterocycles. The number of hydrogen-bond donors (Lipinski definition) is 1. The van der Waals surface area contributed by atoms with Crippen LogP contribution in [0.3, 0.4) is 0 Å². The zero-order chi connectivity index (χ0) is 20.5. The van der Waals surface area contributed by atoms with Gasteiger partial charge < -0.3 is 9.72 Å². The third kappa shape index (κ3) is 3.22. The van der Waals surface area contributed by atoms with Crippen LogP contribution in [0.2, 0.25) is 0 Å². The number of hydrogen-bond acceptors (Lipinski definition) is 4. The Hall–Kier alpha value is -3.93. The second-order valence-corrected chi connectivity index (χ2v) is 7.15. The number of amides is 1. The SMILES string of the molecule is COc1ccc(C2=NN(C(=O)c3ccccc3)[C@H](c3nc4ccccc4[nH]3)C2)cc1. The van der Waals surface area contributed by atoms with E-state index in [1.165, 1.54) is 0 Å². The van der Waals surface area contributed by atoms with Gasteiger partial charge in [0.1, 0.15) is 17.6 Å². The summed E-state index contributed by atoms with van der Waals surface area (Å²) in [4.78, 5) is 21.4. The molecule has 5 rings (SSSR count). The van der Waals surface area contributed by atoms with Crippen molar-refractivity contribution in [1.29, 1.82) is 0 Å². The molecule has 0 unspecified atom stereocenters. The van der Waals surface area contributed by atoms with E-state index in [1.807, 2.05) is 66.7 Å². The first-order chi connectivity index (χ1) is 14.7. The molecule has 0 fully saturated rings. The van der Waals surface area contributed by atoms with Gasteiger partial charge in [-0.3, -0.25) is 4.79 Å². The summed E-state index contributed by atoms with van der Waals surface area (Å²) in [7, 11) is 1.64. The Morgan fingerprint density at radius 3 is 2.47 bits per heavy atom. The fraction of sp³-hybridized carbons (Fsp3) is 0.125. The number of carbonyl (C=O) groups is 1. The van der Waals surface area contributed by atoms with Crippen LogP contribution in [-0.2, 0) is 0 Å². The molecule has 1 amide bonds. The molecular weight excluding hydrogens is 376 g/mol. The van der Waals surface area contributed by atoms with E-state index in [-0.39, 0.29) is 11.9 Å². The van der Waals surface area contributed by atoms with Crippen molar-refractivity contribution in [3.8, 4) is 5.75 Å². The summed E-state index contributed by atoms with van der Waals surface area (Å²) < 4.78 is 5.25. The van der Waals surface area contributed by atoms with Crippen LogP contribution in [0.25, 0.3) is 11.0 Å². The molecule has 6 nitrogen and oxygen atoms in total. The molecule has 4 aromatic rings. The molecule has 1 aliphatic heterocycles. The van der Waals surface area contributed by atoms with E-state index >= 15 is 0 Å². The molecule has 1 atom stereocenters. The molecule has 148 valence electrons. The smallest absolute Gasteiger partial charge is 0.274 e. The lowest BCUT2D eigenvalue weighted by Gasteiger charge is -2.19. The van der Waals surface area contributed by atoms with Gasteiger partial charge >= 0.3 is 0 Å². The molecule has 1 N–H and O–H groups in total. The predicted octanol–water partition coefficient (Wildman–Crippen LogP) is 4.56. The summed E-state index contributed by atoms with van der Waals surface area (Å²) in [6, 6.07) is 24.5. The number of para-hydroxylation sites is 2. The van der Waals surface area contributed by atoms with E-state index in [0.29, 0.717) is 12.0 Å². The maximum Gasteiger partial charge on any atom is 0.274 e. The third-order valence-corrected chi connectivity index (χ3v) is 5.29. The highest BCUT2D eigenvalue weighted by Gasteiger charge is 2.35. The minimum absolute atomic E-state index is 0.149. The molecule has 0 radical (unpaired) electrons. The van der Waals surface area contributed by atoms with Gasteiger partial charge in [0, 0.05) is 12.0 Å². The number of carbonyl (C=O) groups excluding carboxylic acids is 1. The molecule has 3 aromatic carbocycles. The minimum atomic E-state index is -0.304. The Bertz CT molecular complexity index is 1200. The van der Waals surface area contributed by atoms with E-state index < -0.39 is 0 Å². The van der Waals surface area contributed by atoms with Gasteiger partial charge in [0.25, 0.3) is 5.91 Å². The molecule has 0 aliphatic carbocycles. The van der Waals surface area contributed by atoms with Gasteiger partial charge in [0.05, 0.1) is 23.9 Å². The number of rotatable bonds is 4. The molecule has 0 bridgehead atoms. The van der Waals surface area contributed by atoms with Crippen LogP contribution >= 0.6 is 0 Å². The first kappa shape index (κ1) is 18.1. The monoisotopic (exact) mass is 396 g/mol. The van der Waals surface area contributed by atoms with Crippen LogP contribution in [-0.4, -0.2) is 33.7 Å². The molecular formula is C24H20N4O2. The molecule has 1 aromatic heterocycles. The minimum Gasteiger partial charge on any atom is -0.497 e. The highest BCUT2D eigenvalue weighted by Crippen LogP contribution is 2.33. The van der Waals surface area contributed by atoms with E-state index in [1.54, 1.807) is 24.3 Å². The van der Waals surface area contributed by atoms with Crippen LogP contribution in [0.4, 0.5) is 0 Å². The van der Waals surface area contributed by atoms with Crippen molar-refractivity contribution in [1.82, 2.24) is 15.0 Å². The van der Waals surface area contributed by atoms with Crippen molar-refractivity contribution < 1.29 is 9.53 Å². The number of benzene rings is 3. The van der Waals surface area contributed by atoms with E-state index in [9.17, 15) is 4.79 Å². The van der Waals surface area contributed by atoms with Crippen molar-refractivity contribution in [3.63, 3.8) is 0 Å². The Kier molecular flexibility index (Phi) is 4.52. The number of aromatic nitrogens is 2. The zero-order valence-corrected chi connectivity index (χ0v) is 16.4. The summed E-state index contributed by atoms with van der Waals surface area (Å²) in [5.41, 5.74) is 4.21. The third-order valence-electron chi connectivity index (χ3n) is 5.29. The van der Waals surface area contributed by atoms with Crippen molar-refractivity contribution in [3.05, 3.63) is 95.8 Å². The normalized spacial score (nSPS) is 16.0. The van der Waals surface area contributed by atoms with Gasteiger partial charge in [-0.25, -0.2) is 9.99 Å². The summed E-state index contributed by atoms with van der Waals surface area (Å²) in [6.45, 7) is 0. The van der Waals surface area contributed by atoms with Crippen LogP contribution in [0.1, 0.15) is 34.2 Å². The zero-order valence-electron chi connectivity index (χ0n) is 16.4. The first-order valence-corrected chi connectivity index (χ1v) is 9.78. The van der Waals surface area contributed by atoms with Crippen LogP contribution in [0, 0.1) is 0 Å². The van der Waals surface area contributed by atoms with Gasteiger partial charge in [0.2, 0.25) is 0 Å². The maximum atomic E-state index is 13.3. The quantitative estimate of drug-likeness (QED) is 0.550. The first-order valence-electron chi connectivity index (χ1n) is 9.78. The van der Waals surface area contributed by atoms with Gasteiger partial charge in [-0.2, -0.15) is 5.10 Å². The molecule has 6 heteroatoms.